The maximum Gasteiger partial charge on any atom is 0.227 e. The van der Waals surface area contributed by atoms with Gasteiger partial charge in [-0.1, -0.05) is 6.08 Å². The molecule has 164 valence electrons. The van der Waals surface area contributed by atoms with Gasteiger partial charge < -0.3 is 9.88 Å². The van der Waals surface area contributed by atoms with E-state index in [0.717, 1.165) is 40.7 Å². The zero-order valence-corrected chi connectivity index (χ0v) is 18.2. The van der Waals surface area contributed by atoms with Crippen molar-refractivity contribution in [2.45, 2.75) is 44.6 Å². The third-order valence-corrected chi connectivity index (χ3v) is 9.12. The van der Waals surface area contributed by atoms with Gasteiger partial charge in [-0.3, -0.25) is 9.89 Å². The third kappa shape index (κ3) is 2.74. The predicted octanol–water partition coefficient (Wildman–Crippen LogP) is 5.04. The molecule has 0 bridgehead atoms. The molecule has 32 heavy (non-hydrogen) atoms. The van der Waals surface area contributed by atoms with Crippen molar-refractivity contribution in [2.24, 2.45) is 35.5 Å². The molecule has 3 aliphatic carbocycles. The van der Waals surface area contributed by atoms with E-state index in [2.05, 4.69) is 43.4 Å². The summed E-state index contributed by atoms with van der Waals surface area (Å²) in [6, 6.07) is 6.57. The Hall–Kier alpha value is -2.89. The summed E-state index contributed by atoms with van der Waals surface area (Å²) in [5.41, 5.74) is 1.83. The lowest BCUT2D eigenvalue weighted by Crippen LogP contribution is -2.44. The van der Waals surface area contributed by atoms with Crippen molar-refractivity contribution in [3.8, 4) is 0 Å². The van der Waals surface area contributed by atoms with E-state index in [0.29, 0.717) is 23.8 Å². The van der Waals surface area contributed by atoms with Gasteiger partial charge in [-0.25, -0.2) is 4.98 Å². The van der Waals surface area contributed by atoms with Crippen LogP contribution in [0.5, 0.6) is 0 Å². The molecule has 1 aliphatic heterocycles. The summed E-state index contributed by atoms with van der Waals surface area (Å²) in [5, 5.41) is 11.4. The van der Waals surface area contributed by atoms with E-state index in [-0.39, 0.29) is 11.8 Å². The summed E-state index contributed by atoms with van der Waals surface area (Å²) in [4.78, 5) is 17.8. The number of nitrogens with zero attached hydrogens (tertiary/aromatic N) is 3. The van der Waals surface area contributed by atoms with Crippen LogP contribution >= 0.6 is 0 Å². The number of imidazole rings is 1. The van der Waals surface area contributed by atoms with Crippen molar-refractivity contribution in [1.82, 2.24) is 19.7 Å². The van der Waals surface area contributed by atoms with Crippen LogP contribution in [-0.4, -0.2) is 25.7 Å². The van der Waals surface area contributed by atoms with Gasteiger partial charge in [0.1, 0.15) is 5.82 Å². The van der Waals surface area contributed by atoms with E-state index in [1.807, 2.05) is 30.6 Å². The standard InChI is InChI=1S/C26H29N5O/c32-26(29-16-2-1-15-14-28-30-23(15)13-16)22-6-5-17-18-7-9-24-21(19(18)3-4-20(17)22)8-10-25-27-11-12-31(24)25/h1-2,8,10-14,17-22,24H,3-7,9H2,(H,28,30)(H,29,32)/t17-,18-,19-,20-,21+,22+,24?/m0/s1. The molecule has 4 aliphatic rings. The Labute approximate surface area is 187 Å². The molecule has 3 saturated carbocycles. The number of hydrogen-bond donors (Lipinski definition) is 2. The number of amides is 1. The number of aromatic nitrogens is 4. The van der Waals surface area contributed by atoms with Crippen LogP contribution in [0.1, 0.15) is 50.4 Å². The number of allylic oxidation sites excluding steroid dienone is 1. The lowest BCUT2D eigenvalue weighted by molar-refractivity contribution is -0.122. The second-order valence-corrected chi connectivity index (χ2v) is 10.4. The number of benzene rings is 1. The zero-order valence-electron chi connectivity index (χ0n) is 18.2. The largest absolute Gasteiger partial charge is 0.328 e. The number of fused-ring (bicyclic) bond motifs is 8. The molecule has 0 radical (unpaired) electrons. The number of carbonyl (C=O) groups excluding carboxylic acids is 1. The smallest absolute Gasteiger partial charge is 0.227 e. The topological polar surface area (TPSA) is 75.6 Å². The third-order valence-electron chi connectivity index (χ3n) is 9.12. The number of rotatable bonds is 2. The van der Waals surface area contributed by atoms with Gasteiger partial charge in [0.05, 0.1) is 11.7 Å². The second kappa shape index (κ2) is 7.06. The SMILES string of the molecule is O=C(Nc1ccc2cn[nH]c2c1)[C@@H]1CC[C@H]2[C@@H]3CCC4[C@H](C=Cc5nccn54)[C@H]3CC[C@@H]21. The number of nitrogens with one attached hydrogen (secondary N) is 2. The lowest BCUT2D eigenvalue weighted by Gasteiger charge is -2.51. The quantitative estimate of drug-likeness (QED) is 0.601. The first kappa shape index (κ1) is 18.7. The summed E-state index contributed by atoms with van der Waals surface area (Å²) < 4.78 is 2.41. The maximum absolute atomic E-state index is 13.3. The van der Waals surface area contributed by atoms with E-state index >= 15 is 0 Å². The normalized spacial score (nSPS) is 35.1. The van der Waals surface area contributed by atoms with Gasteiger partial charge in [0.15, 0.2) is 0 Å². The molecule has 3 fully saturated rings. The summed E-state index contributed by atoms with van der Waals surface area (Å²) in [5.74, 6) is 4.88. The first-order valence-corrected chi connectivity index (χ1v) is 12.2. The number of H-pyrrole nitrogens is 1. The minimum absolute atomic E-state index is 0.151. The van der Waals surface area contributed by atoms with Gasteiger partial charge in [0.25, 0.3) is 0 Å². The Morgan fingerprint density at radius 2 is 1.88 bits per heavy atom. The molecule has 3 heterocycles. The average Bonchev–Trinajstić information content (AvgIpc) is 3.56. The minimum Gasteiger partial charge on any atom is -0.328 e. The number of aromatic amines is 1. The van der Waals surface area contributed by atoms with Gasteiger partial charge in [-0.05, 0) is 86.5 Å². The highest BCUT2D eigenvalue weighted by Crippen LogP contribution is 2.58. The monoisotopic (exact) mass is 427 g/mol. The number of carbonyl (C=O) groups is 1. The fraction of sp³-hybridized carbons (Fsp3) is 0.500. The number of anilines is 1. The molecule has 7 atom stereocenters. The van der Waals surface area contributed by atoms with Crippen LogP contribution < -0.4 is 5.32 Å². The first-order chi connectivity index (χ1) is 15.8. The molecule has 1 amide bonds. The van der Waals surface area contributed by atoms with Crippen molar-refractivity contribution in [3.05, 3.63) is 48.7 Å². The molecular formula is C26H29N5O. The van der Waals surface area contributed by atoms with E-state index in [1.165, 1.54) is 32.1 Å². The summed E-state index contributed by atoms with van der Waals surface area (Å²) in [7, 11) is 0. The van der Waals surface area contributed by atoms with Crippen LogP contribution in [0.15, 0.2) is 42.9 Å². The van der Waals surface area contributed by atoms with Gasteiger partial charge in [0, 0.05) is 41.3 Å². The minimum atomic E-state index is 0.151. The molecule has 0 saturated heterocycles. The van der Waals surface area contributed by atoms with Gasteiger partial charge >= 0.3 is 0 Å². The molecule has 3 aromatic rings. The van der Waals surface area contributed by atoms with Crippen LogP contribution in [0.25, 0.3) is 17.0 Å². The predicted molar refractivity (Wildman–Crippen MR) is 124 cm³/mol. The van der Waals surface area contributed by atoms with E-state index in [4.69, 9.17) is 0 Å². The summed E-state index contributed by atoms with van der Waals surface area (Å²) in [6.07, 6.45) is 17.8. The van der Waals surface area contributed by atoms with E-state index < -0.39 is 0 Å². The average molecular weight is 428 g/mol. The molecular weight excluding hydrogens is 398 g/mol. The van der Waals surface area contributed by atoms with Gasteiger partial charge in [-0.2, -0.15) is 5.10 Å². The Kier molecular flexibility index (Phi) is 4.11. The summed E-state index contributed by atoms with van der Waals surface area (Å²) in [6.45, 7) is 0. The molecule has 1 aromatic carbocycles. The van der Waals surface area contributed by atoms with Crippen LogP contribution in [0.2, 0.25) is 0 Å². The molecule has 1 unspecified atom stereocenters. The maximum atomic E-state index is 13.3. The van der Waals surface area contributed by atoms with Gasteiger partial charge in [-0.15, -0.1) is 0 Å². The molecule has 6 heteroatoms. The highest BCUT2D eigenvalue weighted by molar-refractivity contribution is 5.95. The fourth-order valence-electron chi connectivity index (χ4n) is 7.81. The molecule has 2 N–H and O–H groups in total. The van der Waals surface area contributed by atoms with Gasteiger partial charge in [0.2, 0.25) is 5.91 Å². The second-order valence-electron chi connectivity index (χ2n) is 10.4. The first-order valence-electron chi connectivity index (χ1n) is 12.2. The van der Waals surface area contributed by atoms with Crippen LogP contribution in [-0.2, 0) is 4.79 Å². The fourth-order valence-corrected chi connectivity index (χ4v) is 7.81. The van der Waals surface area contributed by atoms with Crippen molar-refractivity contribution in [1.29, 1.82) is 0 Å². The number of hydrogen-bond acceptors (Lipinski definition) is 3. The highest BCUT2D eigenvalue weighted by Gasteiger charge is 2.52. The van der Waals surface area contributed by atoms with Crippen molar-refractivity contribution in [3.63, 3.8) is 0 Å². The molecule has 0 spiro atoms. The Morgan fingerprint density at radius 1 is 1.03 bits per heavy atom. The van der Waals surface area contributed by atoms with Crippen LogP contribution in [0.3, 0.4) is 0 Å². The van der Waals surface area contributed by atoms with Crippen LogP contribution in [0, 0.1) is 35.5 Å². The van der Waals surface area contributed by atoms with E-state index in [1.54, 1.807) is 0 Å². The molecule has 2 aromatic heterocycles. The lowest BCUT2D eigenvalue weighted by atomic mass is 9.56. The molecule has 7 rings (SSSR count). The van der Waals surface area contributed by atoms with Crippen LogP contribution in [0.4, 0.5) is 5.69 Å². The Balaban J connectivity index is 1.08. The summed E-state index contributed by atoms with van der Waals surface area (Å²) >= 11 is 0. The zero-order chi connectivity index (χ0) is 21.2. The Morgan fingerprint density at radius 3 is 2.84 bits per heavy atom. The van der Waals surface area contributed by atoms with E-state index in [9.17, 15) is 4.79 Å². The Bertz CT molecular complexity index is 1210. The highest BCUT2D eigenvalue weighted by atomic mass is 16.1. The van der Waals surface area contributed by atoms with Crippen molar-refractivity contribution < 1.29 is 4.79 Å². The molecule has 6 nitrogen and oxygen atoms in total. The van der Waals surface area contributed by atoms with Crippen molar-refractivity contribution in [2.75, 3.05) is 5.32 Å². The van der Waals surface area contributed by atoms with Crippen molar-refractivity contribution >= 4 is 28.6 Å².